The van der Waals surface area contributed by atoms with Crippen molar-refractivity contribution in [3.8, 4) is 22.5 Å². The van der Waals surface area contributed by atoms with Gasteiger partial charge in [0, 0.05) is 18.5 Å². The molecule has 1 aromatic heterocycles. The molecule has 3 rings (SSSR count). The van der Waals surface area contributed by atoms with Gasteiger partial charge in [0.05, 0.1) is 6.10 Å². The molecule has 0 fully saturated rings. The van der Waals surface area contributed by atoms with E-state index in [0.29, 0.717) is 5.82 Å². The molecule has 9 heteroatoms. The highest BCUT2D eigenvalue weighted by Crippen LogP contribution is 2.30. The SMILES string of the molecule is CC(C)[C@@H](C(=O)O)N(Cc1ccc(-c2ccccc2-c2nn[nH]n2)cc1)C(=O)CC[C@H](C)O. The van der Waals surface area contributed by atoms with Crippen LogP contribution in [-0.2, 0) is 16.1 Å². The zero-order valence-corrected chi connectivity index (χ0v) is 19.0. The van der Waals surface area contributed by atoms with Crippen molar-refractivity contribution in [1.82, 2.24) is 25.5 Å². The van der Waals surface area contributed by atoms with Gasteiger partial charge in [-0.1, -0.05) is 62.4 Å². The van der Waals surface area contributed by atoms with Crippen molar-refractivity contribution < 1.29 is 19.8 Å². The van der Waals surface area contributed by atoms with Gasteiger partial charge in [-0.05, 0) is 41.2 Å². The maximum absolute atomic E-state index is 12.9. The number of carboxylic acid groups (broad SMARTS) is 1. The van der Waals surface area contributed by atoms with Gasteiger partial charge < -0.3 is 15.1 Å². The fourth-order valence-corrected chi connectivity index (χ4v) is 3.79. The van der Waals surface area contributed by atoms with Gasteiger partial charge >= 0.3 is 5.97 Å². The van der Waals surface area contributed by atoms with E-state index in [1.54, 1.807) is 20.8 Å². The van der Waals surface area contributed by atoms with Crippen molar-refractivity contribution in [3.63, 3.8) is 0 Å². The normalized spacial score (nSPS) is 13.0. The molecule has 0 unspecified atom stereocenters. The lowest BCUT2D eigenvalue weighted by Crippen LogP contribution is -2.47. The predicted molar refractivity (Wildman–Crippen MR) is 123 cm³/mol. The van der Waals surface area contributed by atoms with Crippen molar-refractivity contribution in [1.29, 1.82) is 0 Å². The smallest absolute Gasteiger partial charge is 0.326 e. The molecular weight excluding hydrogens is 422 g/mol. The monoisotopic (exact) mass is 451 g/mol. The van der Waals surface area contributed by atoms with E-state index in [-0.39, 0.29) is 31.2 Å². The number of nitrogens with one attached hydrogen (secondary N) is 1. The molecule has 0 aliphatic heterocycles. The number of carboxylic acids is 1. The molecule has 2 aromatic carbocycles. The lowest BCUT2D eigenvalue weighted by molar-refractivity contribution is -0.153. The second-order valence-electron chi connectivity index (χ2n) is 8.41. The number of tetrazole rings is 1. The Kier molecular flexibility index (Phi) is 7.89. The molecule has 0 aliphatic rings. The summed E-state index contributed by atoms with van der Waals surface area (Å²) in [5.41, 5.74) is 3.51. The van der Waals surface area contributed by atoms with Gasteiger partial charge in [0.15, 0.2) is 0 Å². The number of aromatic amines is 1. The second kappa shape index (κ2) is 10.8. The molecule has 0 spiro atoms. The molecule has 1 heterocycles. The van der Waals surface area contributed by atoms with Gasteiger partial charge in [-0.25, -0.2) is 4.79 Å². The van der Waals surface area contributed by atoms with Gasteiger partial charge in [0.1, 0.15) is 6.04 Å². The van der Waals surface area contributed by atoms with Crippen LogP contribution < -0.4 is 0 Å². The molecule has 9 nitrogen and oxygen atoms in total. The highest BCUT2D eigenvalue weighted by Gasteiger charge is 2.32. The molecule has 33 heavy (non-hydrogen) atoms. The first-order valence-corrected chi connectivity index (χ1v) is 10.9. The largest absolute Gasteiger partial charge is 0.480 e. The fourth-order valence-electron chi connectivity index (χ4n) is 3.79. The Morgan fingerprint density at radius 2 is 1.70 bits per heavy atom. The number of hydrogen-bond acceptors (Lipinski definition) is 6. The molecule has 3 N–H and O–H groups in total. The minimum absolute atomic E-state index is 0.0876. The zero-order valence-electron chi connectivity index (χ0n) is 19.0. The summed E-state index contributed by atoms with van der Waals surface area (Å²) in [4.78, 5) is 26.2. The van der Waals surface area contributed by atoms with Crippen molar-refractivity contribution in [2.75, 3.05) is 0 Å². The summed E-state index contributed by atoms with van der Waals surface area (Å²) in [7, 11) is 0. The van der Waals surface area contributed by atoms with Crippen LogP contribution in [0.25, 0.3) is 22.5 Å². The molecular formula is C24H29N5O4. The summed E-state index contributed by atoms with van der Waals surface area (Å²) in [6.07, 6.45) is -0.257. The van der Waals surface area contributed by atoms with E-state index in [9.17, 15) is 19.8 Å². The summed E-state index contributed by atoms with van der Waals surface area (Å²) in [5.74, 6) is -1.10. The fraction of sp³-hybridized carbons (Fsp3) is 0.375. The van der Waals surface area contributed by atoms with Crippen LogP contribution in [0.5, 0.6) is 0 Å². The van der Waals surface area contributed by atoms with Crippen molar-refractivity contribution in [2.45, 2.75) is 52.3 Å². The topological polar surface area (TPSA) is 132 Å². The van der Waals surface area contributed by atoms with Crippen LogP contribution in [0.15, 0.2) is 48.5 Å². The van der Waals surface area contributed by atoms with E-state index in [2.05, 4.69) is 20.6 Å². The van der Waals surface area contributed by atoms with E-state index in [0.717, 1.165) is 22.3 Å². The molecule has 2 atom stereocenters. The highest BCUT2D eigenvalue weighted by molar-refractivity contribution is 5.84. The van der Waals surface area contributed by atoms with Gasteiger partial charge in [-0.3, -0.25) is 4.79 Å². The van der Waals surface area contributed by atoms with Crippen LogP contribution in [0.4, 0.5) is 0 Å². The van der Waals surface area contributed by atoms with Crippen molar-refractivity contribution in [2.24, 2.45) is 5.92 Å². The molecule has 0 aliphatic carbocycles. The number of rotatable bonds is 10. The summed E-state index contributed by atoms with van der Waals surface area (Å²) in [5, 5.41) is 33.6. The molecule has 0 saturated carbocycles. The van der Waals surface area contributed by atoms with Crippen LogP contribution in [-0.4, -0.2) is 59.8 Å². The summed E-state index contributed by atoms with van der Waals surface area (Å²) in [6, 6.07) is 14.4. The Bertz CT molecular complexity index is 1060. The van der Waals surface area contributed by atoms with E-state index in [1.165, 1.54) is 4.90 Å². The minimum atomic E-state index is -1.04. The number of aliphatic carboxylic acids is 1. The first-order chi connectivity index (χ1) is 15.8. The number of hydrogen-bond donors (Lipinski definition) is 3. The number of aliphatic hydroxyl groups excluding tert-OH is 1. The average Bonchev–Trinajstić information content (AvgIpc) is 3.32. The number of carbonyl (C=O) groups is 2. The van der Waals surface area contributed by atoms with E-state index in [4.69, 9.17) is 0 Å². The maximum atomic E-state index is 12.9. The lowest BCUT2D eigenvalue weighted by Gasteiger charge is -2.32. The van der Waals surface area contributed by atoms with E-state index in [1.807, 2.05) is 48.5 Å². The Labute approximate surface area is 192 Å². The number of amides is 1. The summed E-state index contributed by atoms with van der Waals surface area (Å²) < 4.78 is 0. The summed E-state index contributed by atoms with van der Waals surface area (Å²) in [6.45, 7) is 5.35. The van der Waals surface area contributed by atoms with E-state index >= 15 is 0 Å². The first kappa shape index (κ1) is 24.1. The number of H-pyrrole nitrogens is 1. The standard InChI is InChI=1S/C24H29N5O4/c1-15(2)22(24(32)33)29(21(31)13-8-16(3)30)14-17-9-11-18(12-10-17)19-6-4-5-7-20(19)23-25-27-28-26-23/h4-7,9-12,15-16,22,30H,8,13-14H2,1-3H3,(H,32,33)(H,25,26,27,28)/t16-,22-/m0/s1. The highest BCUT2D eigenvalue weighted by atomic mass is 16.4. The molecule has 174 valence electrons. The number of aromatic nitrogens is 4. The number of carbonyl (C=O) groups excluding carboxylic acids is 1. The third-order valence-corrected chi connectivity index (χ3v) is 5.45. The summed E-state index contributed by atoms with van der Waals surface area (Å²) >= 11 is 0. The van der Waals surface area contributed by atoms with Crippen LogP contribution >= 0.6 is 0 Å². The number of nitrogens with zero attached hydrogens (tertiary/aromatic N) is 4. The second-order valence-corrected chi connectivity index (χ2v) is 8.41. The Morgan fingerprint density at radius 3 is 2.24 bits per heavy atom. The Balaban J connectivity index is 1.87. The quantitative estimate of drug-likeness (QED) is 0.431. The average molecular weight is 452 g/mol. The van der Waals surface area contributed by atoms with Crippen LogP contribution in [0.2, 0.25) is 0 Å². The molecule has 0 bridgehead atoms. The van der Waals surface area contributed by atoms with Gasteiger partial charge in [0.25, 0.3) is 0 Å². The first-order valence-electron chi connectivity index (χ1n) is 10.9. The molecule has 1 amide bonds. The van der Waals surface area contributed by atoms with Gasteiger partial charge in [-0.2, -0.15) is 5.21 Å². The number of benzene rings is 2. The molecule has 3 aromatic rings. The van der Waals surface area contributed by atoms with Crippen LogP contribution in [0.1, 0.15) is 39.2 Å². The molecule has 0 radical (unpaired) electrons. The minimum Gasteiger partial charge on any atom is -0.480 e. The maximum Gasteiger partial charge on any atom is 0.326 e. The Morgan fingerprint density at radius 1 is 1.03 bits per heavy atom. The third-order valence-electron chi connectivity index (χ3n) is 5.45. The van der Waals surface area contributed by atoms with Gasteiger partial charge in [0.2, 0.25) is 11.7 Å². The van der Waals surface area contributed by atoms with Crippen LogP contribution in [0, 0.1) is 5.92 Å². The van der Waals surface area contributed by atoms with Crippen molar-refractivity contribution >= 4 is 11.9 Å². The van der Waals surface area contributed by atoms with Crippen molar-refractivity contribution in [3.05, 3.63) is 54.1 Å². The lowest BCUT2D eigenvalue weighted by atomic mass is 9.97. The van der Waals surface area contributed by atoms with Crippen LogP contribution in [0.3, 0.4) is 0 Å². The number of aliphatic hydroxyl groups is 1. The van der Waals surface area contributed by atoms with Gasteiger partial charge in [-0.15, -0.1) is 10.2 Å². The van der Waals surface area contributed by atoms with E-state index < -0.39 is 18.1 Å². The predicted octanol–water partition coefficient (Wildman–Crippen LogP) is 3.13. The Hall–Kier alpha value is -3.59. The molecule has 0 saturated heterocycles. The zero-order chi connectivity index (χ0) is 24.0. The third kappa shape index (κ3) is 6.01.